The van der Waals surface area contributed by atoms with Crippen molar-refractivity contribution >= 4 is 43.7 Å². The van der Waals surface area contributed by atoms with Crippen molar-refractivity contribution in [1.82, 2.24) is 19.5 Å². The summed E-state index contributed by atoms with van der Waals surface area (Å²) in [7, 11) is 0. The maximum absolute atomic E-state index is 6.59. The molecule has 0 N–H and O–H groups in total. The van der Waals surface area contributed by atoms with Gasteiger partial charge in [-0.2, -0.15) is 9.97 Å². The van der Waals surface area contributed by atoms with Gasteiger partial charge in [0.05, 0.1) is 11.0 Å². The number of fused-ring (bicyclic) bond motifs is 6. The summed E-state index contributed by atoms with van der Waals surface area (Å²) in [5.41, 5.74) is 16.5. The van der Waals surface area contributed by atoms with Crippen molar-refractivity contribution in [2.45, 2.75) is 20.8 Å². The Morgan fingerprint density at radius 3 is 1.75 bits per heavy atom. The molecule has 3 aromatic heterocycles. The Balaban J connectivity index is 1.08. The molecule has 0 saturated carbocycles. The molecule has 0 radical (unpaired) electrons. The molecule has 0 unspecified atom stereocenters. The number of hydrogen-bond donors (Lipinski definition) is 0. The molecule has 11 rings (SSSR count). The number of rotatable bonds is 6. The molecule has 3 heterocycles. The largest absolute Gasteiger partial charge is 0.456 e. The summed E-state index contributed by atoms with van der Waals surface area (Å²) in [4.78, 5) is 15.2. The minimum Gasteiger partial charge on any atom is -0.456 e. The number of aromatic nitrogens is 4. The molecule has 0 fully saturated rings. The molecule has 280 valence electrons. The van der Waals surface area contributed by atoms with E-state index in [2.05, 4.69) is 141 Å². The van der Waals surface area contributed by atoms with Gasteiger partial charge in [-0.25, -0.2) is 4.98 Å². The topological polar surface area (TPSA) is 56.7 Å². The Morgan fingerprint density at radius 2 is 1.00 bits per heavy atom. The van der Waals surface area contributed by atoms with Gasteiger partial charge in [-0.3, -0.25) is 4.57 Å². The van der Waals surface area contributed by atoms with E-state index in [1.54, 1.807) is 0 Å². The van der Waals surface area contributed by atoms with Crippen LogP contribution in [-0.4, -0.2) is 19.5 Å². The fourth-order valence-corrected chi connectivity index (χ4v) is 8.67. The number of hydrogen-bond acceptors (Lipinski definition) is 4. The van der Waals surface area contributed by atoms with Crippen LogP contribution in [0.15, 0.2) is 180 Å². The second-order valence-corrected chi connectivity index (χ2v) is 15.4. The van der Waals surface area contributed by atoms with E-state index in [0.717, 1.165) is 71.6 Å². The van der Waals surface area contributed by atoms with E-state index < -0.39 is 0 Å². The van der Waals surface area contributed by atoms with Crippen LogP contribution in [0, 0.1) is 20.8 Å². The first-order valence-corrected chi connectivity index (χ1v) is 20.0. The fraction of sp³-hybridized carbons (Fsp3) is 0.0556. The molecule has 0 spiro atoms. The van der Waals surface area contributed by atoms with Gasteiger partial charge in [0, 0.05) is 32.7 Å². The summed E-state index contributed by atoms with van der Waals surface area (Å²) in [6.45, 7) is 6.52. The van der Waals surface area contributed by atoms with Gasteiger partial charge in [-0.15, -0.1) is 0 Å². The van der Waals surface area contributed by atoms with Crippen LogP contribution in [0.1, 0.15) is 16.7 Å². The second kappa shape index (κ2) is 13.8. The molecule has 0 bridgehead atoms. The first-order chi connectivity index (χ1) is 29.0. The number of aryl methyl sites for hydroxylation is 3. The highest BCUT2D eigenvalue weighted by molar-refractivity contribution is 6.14. The van der Waals surface area contributed by atoms with Gasteiger partial charge in [-0.1, -0.05) is 133 Å². The summed E-state index contributed by atoms with van der Waals surface area (Å²) in [5, 5.41) is 4.48. The highest BCUT2D eigenvalue weighted by Gasteiger charge is 2.20. The highest BCUT2D eigenvalue weighted by atomic mass is 16.3. The zero-order valence-electron chi connectivity index (χ0n) is 32.9. The average Bonchev–Trinajstić information content (AvgIpc) is 3.82. The Hall–Kier alpha value is -7.63. The van der Waals surface area contributed by atoms with E-state index in [1.165, 1.54) is 33.4 Å². The summed E-state index contributed by atoms with van der Waals surface area (Å²) in [6, 6.07) is 61.9. The zero-order chi connectivity index (χ0) is 39.6. The SMILES string of the molecule is Cc1cc(-c2ccc(C)c(-c3ccccc3C)c2)c2c(c1)oc1ccc(-c3ccc4c(c3)c3ccccc3n4-c3nc(-c4ccccc4)nc(-c4ccccc4)n3)cc12. The van der Waals surface area contributed by atoms with E-state index in [4.69, 9.17) is 19.4 Å². The molecule has 11 aromatic rings. The Kier molecular flexibility index (Phi) is 8.09. The molecule has 0 atom stereocenters. The number of furan rings is 1. The molecule has 0 saturated heterocycles. The molecule has 59 heavy (non-hydrogen) atoms. The minimum atomic E-state index is 0.576. The van der Waals surface area contributed by atoms with Gasteiger partial charge in [-0.05, 0) is 113 Å². The highest BCUT2D eigenvalue weighted by Crippen LogP contribution is 2.42. The smallest absolute Gasteiger partial charge is 0.238 e. The van der Waals surface area contributed by atoms with Crippen LogP contribution < -0.4 is 0 Å². The third kappa shape index (κ3) is 5.90. The van der Waals surface area contributed by atoms with Gasteiger partial charge in [0.2, 0.25) is 5.95 Å². The first kappa shape index (κ1) is 34.6. The fourth-order valence-electron chi connectivity index (χ4n) is 8.67. The predicted octanol–water partition coefficient (Wildman–Crippen LogP) is 14.1. The van der Waals surface area contributed by atoms with Gasteiger partial charge >= 0.3 is 0 Å². The standard InChI is InChI=1S/C54H38N4O/c1-33-28-44(40-23-22-35(3)43(32-40)41-19-11-10-14-34(41)2)51-46-31-39(25-27-49(46)59-50(51)29-33)38-24-26-48-45(30-38)42-20-12-13-21-47(42)58(48)54-56-52(36-15-6-4-7-16-36)55-53(57-54)37-17-8-5-9-18-37/h4-32H,1-3H3. The lowest BCUT2D eigenvalue weighted by atomic mass is 9.90. The van der Waals surface area contributed by atoms with E-state index in [-0.39, 0.29) is 0 Å². The van der Waals surface area contributed by atoms with Crippen molar-refractivity contribution in [3.63, 3.8) is 0 Å². The lowest BCUT2D eigenvalue weighted by molar-refractivity contribution is 0.668. The third-order valence-electron chi connectivity index (χ3n) is 11.6. The first-order valence-electron chi connectivity index (χ1n) is 20.0. The molecule has 5 heteroatoms. The van der Waals surface area contributed by atoms with Gasteiger partial charge in [0.1, 0.15) is 11.2 Å². The van der Waals surface area contributed by atoms with E-state index in [0.29, 0.717) is 17.6 Å². The van der Waals surface area contributed by atoms with Gasteiger partial charge < -0.3 is 4.42 Å². The molecule has 0 aliphatic rings. The molecular formula is C54H38N4O. The molecule has 5 nitrogen and oxygen atoms in total. The third-order valence-corrected chi connectivity index (χ3v) is 11.6. The maximum Gasteiger partial charge on any atom is 0.238 e. The van der Waals surface area contributed by atoms with E-state index >= 15 is 0 Å². The lowest BCUT2D eigenvalue weighted by Gasteiger charge is -2.13. The molecule has 0 aliphatic heterocycles. The lowest BCUT2D eigenvalue weighted by Crippen LogP contribution is -2.06. The Bertz CT molecular complexity index is 3360. The summed E-state index contributed by atoms with van der Waals surface area (Å²) < 4.78 is 8.75. The monoisotopic (exact) mass is 758 g/mol. The Morgan fingerprint density at radius 1 is 0.390 bits per heavy atom. The van der Waals surface area contributed by atoms with E-state index in [1.807, 2.05) is 60.7 Å². The van der Waals surface area contributed by atoms with Crippen LogP contribution in [0.4, 0.5) is 0 Å². The molecule has 0 aliphatic carbocycles. The summed E-state index contributed by atoms with van der Waals surface area (Å²) >= 11 is 0. The van der Waals surface area contributed by atoms with Crippen molar-refractivity contribution in [2.75, 3.05) is 0 Å². The quantitative estimate of drug-likeness (QED) is 0.169. The number of nitrogens with zero attached hydrogens (tertiary/aromatic N) is 4. The second-order valence-electron chi connectivity index (χ2n) is 15.4. The average molecular weight is 759 g/mol. The van der Waals surface area contributed by atoms with Crippen LogP contribution in [0.2, 0.25) is 0 Å². The number of para-hydroxylation sites is 1. The van der Waals surface area contributed by atoms with Crippen molar-refractivity contribution < 1.29 is 4.42 Å². The summed E-state index contributed by atoms with van der Waals surface area (Å²) in [6.07, 6.45) is 0. The normalized spacial score (nSPS) is 11.6. The van der Waals surface area contributed by atoms with Crippen molar-refractivity contribution in [3.05, 3.63) is 193 Å². The zero-order valence-corrected chi connectivity index (χ0v) is 32.9. The molecule has 8 aromatic carbocycles. The van der Waals surface area contributed by atoms with Crippen LogP contribution in [0.3, 0.4) is 0 Å². The minimum absolute atomic E-state index is 0.576. The number of benzene rings is 8. The van der Waals surface area contributed by atoms with E-state index in [9.17, 15) is 0 Å². The van der Waals surface area contributed by atoms with Crippen LogP contribution in [-0.2, 0) is 0 Å². The van der Waals surface area contributed by atoms with Crippen molar-refractivity contribution in [2.24, 2.45) is 0 Å². The van der Waals surface area contributed by atoms with Crippen LogP contribution in [0.5, 0.6) is 0 Å². The molecular weight excluding hydrogens is 721 g/mol. The van der Waals surface area contributed by atoms with Crippen molar-refractivity contribution in [3.8, 4) is 62.1 Å². The molecule has 0 amide bonds. The maximum atomic E-state index is 6.59. The predicted molar refractivity (Wildman–Crippen MR) is 243 cm³/mol. The summed E-state index contributed by atoms with van der Waals surface area (Å²) in [5.74, 6) is 1.83. The van der Waals surface area contributed by atoms with Crippen LogP contribution in [0.25, 0.3) is 106 Å². The van der Waals surface area contributed by atoms with Gasteiger partial charge in [0.25, 0.3) is 0 Å². The van der Waals surface area contributed by atoms with Gasteiger partial charge in [0.15, 0.2) is 11.6 Å². The van der Waals surface area contributed by atoms with Crippen molar-refractivity contribution in [1.29, 1.82) is 0 Å². The van der Waals surface area contributed by atoms with Crippen LogP contribution >= 0.6 is 0 Å². The Labute approximate surface area is 341 Å².